The average molecular weight is 149 g/mol. The van der Waals surface area contributed by atoms with Crippen LogP contribution in [0.4, 0.5) is 0 Å². The van der Waals surface area contributed by atoms with Crippen molar-refractivity contribution in [3.05, 3.63) is 0 Å². The number of carbonyl (C=O) groups excluding carboxylic acids is 1. The quantitative estimate of drug-likeness (QED) is 0.536. The smallest absolute Gasteiger partial charge is 0.237 e. The van der Waals surface area contributed by atoms with Gasteiger partial charge >= 0.3 is 0 Å². The van der Waals surface area contributed by atoms with Crippen LogP contribution in [0.3, 0.4) is 0 Å². The van der Waals surface area contributed by atoms with E-state index in [0.717, 1.165) is 0 Å². The van der Waals surface area contributed by atoms with E-state index in [9.17, 15) is 13.2 Å². The van der Waals surface area contributed by atoms with Crippen LogP contribution in [0, 0.1) is 0 Å². The minimum atomic E-state index is -3.26. The van der Waals surface area contributed by atoms with E-state index in [2.05, 4.69) is 0 Å². The molecule has 0 saturated heterocycles. The molecule has 0 atom stereocenters. The van der Waals surface area contributed by atoms with E-state index in [-0.39, 0.29) is 11.7 Å². The topological polar surface area (TPSA) is 63.2 Å². The lowest BCUT2D eigenvalue weighted by molar-refractivity contribution is -0.108. The molecule has 52 valence electrons. The van der Waals surface area contributed by atoms with Crippen LogP contribution in [0.15, 0.2) is 0 Å². The van der Waals surface area contributed by atoms with Crippen LogP contribution in [0.5, 0.6) is 0 Å². The molecule has 0 unspecified atom stereocenters. The van der Waals surface area contributed by atoms with Crippen molar-refractivity contribution < 1.29 is 13.2 Å². The van der Waals surface area contributed by atoms with Crippen LogP contribution in [0.25, 0.3) is 0 Å². The van der Waals surface area contributed by atoms with Crippen molar-refractivity contribution in [3.63, 3.8) is 0 Å². The van der Waals surface area contributed by atoms with Crippen LogP contribution in [0.2, 0.25) is 0 Å². The number of rotatable bonds is 3. The highest BCUT2D eigenvalue weighted by molar-refractivity contribution is 7.90. The second-order valence-corrected chi connectivity index (χ2v) is 3.97. The van der Waals surface area contributed by atoms with Crippen molar-refractivity contribution in [3.8, 4) is 0 Å². The highest BCUT2D eigenvalue weighted by atomic mass is 32.2. The number of carbonyl (C=O) groups is 1. The van der Waals surface area contributed by atoms with Crippen molar-refractivity contribution in [2.24, 2.45) is 0 Å². The second-order valence-electron chi connectivity index (χ2n) is 1.98. The molecule has 0 bridgehead atoms. The zero-order valence-electron chi connectivity index (χ0n) is 4.70. The van der Waals surface area contributed by atoms with Gasteiger partial charge in [-0.2, -0.15) is 0 Å². The molecule has 1 rings (SSSR count). The van der Waals surface area contributed by atoms with Gasteiger partial charge in [-0.1, -0.05) is 0 Å². The van der Waals surface area contributed by atoms with Gasteiger partial charge in [0.15, 0.2) is 0 Å². The summed E-state index contributed by atoms with van der Waals surface area (Å²) in [6, 6.07) is 0. The molecule has 0 spiro atoms. The molecule has 1 fully saturated rings. The Kier molecular flexibility index (Phi) is 1.44. The molecule has 1 aliphatic rings. The average Bonchev–Trinajstić information content (AvgIpc) is 2.41. The first-order valence-electron chi connectivity index (χ1n) is 2.61. The third-order valence-corrected chi connectivity index (χ3v) is 2.95. The Balaban J connectivity index is 2.60. The molecular formula is C4H7NO3S. The maximum atomic E-state index is 10.7. The fourth-order valence-corrected chi connectivity index (χ4v) is 1.62. The largest absolute Gasteiger partial charge is 0.278 e. The lowest BCUT2D eigenvalue weighted by atomic mass is 11.0. The normalized spacial score (nSPS) is 19.1. The van der Waals surface area contributed by atoms with Gasteiger partial charge in [0.1, 0.15) is 0 Å². The standard InChI is InChI=1S/C4H7NO3S/c6-3-5-9(7,8)4-1-2-4/h3-4H,1-2H2,(H,5,6). The predicted molar refractivity (Wildman–Crippen MR) is 31.1 cm³/mol. The van der Waals surface area contributed by atoms with Gasteiger partial charge in [-0.15, -0.1) is 0 Å². The lowest BCUT2D eigenvalue weighted by Gasteiger charge is -1.95. The summed E-state index contributed by atoms with van der Waals surface area (Å²) >= 11 is 0. The Morgan fingerprint density at radius 1 is 1.44 bits per heavy atom. The summed E-state index contributed by atoms with van der Waals surface area (Å²) in [6.45, 7) is 0. The van der Waals surface area contributed by atoms with Gasteiger partial charge < -0.3 is 0 Å². The SMILES string of the molecule is O=CNS(=O)(=O)C1CC1. The number of amides is 1. The first kappa shape index (κ1) is 6.54. The Labute approximate surface area is 53.3 Å². The van der Waals surface area contributed by atoms with E-state index < -0.39 is 10.0 Å². The molecule has 0 aliphatic heterocycles. The summed E-state index contributed by atoms with van der Waals surface area (Å²) in [5.41, 5.74) is 0. The third kappa shape index (κ3) is 1.41. The van der Waals surface area contributed by atoms with Gasteiger partial charge in [-0.05, 0) is 12.8 Å². The summed E-state index contributed by atoms with van der Waals surface area (Å²) in [6.07, 6.45) is 1.57. The number of sulfonamides is 1. The number of nitrogens with one attached hydrogen (secondary N) is 1. The zero-order valence-corrected chi connectivity index (χ0v) is 5.52. The van der Waals surface area contributed by atoms with E-state index in [1.54, 1.807) is 4.72 Å². The molecule has 1 amide bonds. The Morgan fingerprint density at radius 3 is 2.33 bits per heavy atom. The summed E-state index contributed by atoms with van der Waals surface area (Å²) in [7, 11) is -3.26. The highest BCUT2D eigenvalue weighted by Gasteiger charge is 2.35. The highest BCUT2D eigenvalue weighted by Crippen LogP contribution is 2.26. The van der Waals surface area contributed by atoms with E-state index in [1.807, 2.05) is 0 Å². The molecule has 5 heteroatoms. The maximum Gasteiger partial charge on any atom is 0.237 e. The van der Waals surface area contributed by atoms with Crippen molar-refractivity contribution in [1.29, 1.82) is 0 Å². The fraction of sp³-hybridized carbons (Fsp3) is 0.750. The number of hydrogen-bond acceptors (Lipinski definition) is 3. The third-order valence-electron chi connectivity index (χ3n) is 1.18. The van der Waals surface area contributed by atoms with E-state index in [1.165, 1.54) is 0 Å². The first-order chi connectivity index (χ1) is 4.17. The van der Waals surface area contributed by atoms with Crippen LogP contribution in [-0.4, -0.2) is 20.1 Å². The monoisotopic (exact) mass is 149 g/mol. The molecule has 0 radical (unpaired) electrons. The van der Waals surface area contributed by atoms with Crippen LogP contribution in [-0.2, 0) is 14.8 Å². The molecular weight excluding hydrogens is 142 g/mol. The molecule has 1 aliphatic carbocycles. The molecule has 9 heavy (non-hydrogen) atoms. The molecule has 0 aromatic rings. The zero-order chi connectivity index (χ0) is 6.91. The Morgan fingerprint density at radius 2 is 2.00 bits per heavy atom. The first-order valence-corrected chi connectivity index (χ1v) is 4.16. The molecule has 0 aromatic heterocycles. The molecule has 0 heterocycles. The van der Waals surface area contributed by atoms with E-state index in [4.69, 9.17) is 0 Å². The van der Waals surface area contributed by atoms with Gasteiger partial charge in [-0.25, -0.2) is 8.42 Å². The van der Waals surface area contributed by atoms with Gasteiger partial charge in [0, 0.05) is 0 Å². The van der Waals surface area contributed by atoms with Crippen LogP contribution in [0.1, 0.15) is 12.8 Å². The van der Waals surface area contributed by atoms with Crippen molar-refractivity contribution >= 4 is 16.4 Å². The minimum Gasteiger partial charge on any atom is -0.278 e. The molecule has 1 saturated carbocycles. The minimum absolute atomic E-state index is 0.202. The van der Waals surface area contributed by atoms with Gasteiger partial charge in [0.2, 0.25) is 16.4 Å². The maximum absolute atomic E-state index is 10.7. The van der Waals surface area contributed by atoms with Gasteiger partial charge in [0.25, 0.3) is 0 Å². The van der Waals surface area contributed by atoms with Crippen molar-refractivity contribution in [2.45, 2.75) is 18.1 Å². The predicted octanol–water partition coefficient (Wildman–Crippen LogP) is -0.775. The van der Waals surface area contributed by atoms with Gasteiger partial charge in [-0.3, -0.25) is 9.52 Å². The lowest BCUT2D eigenvalue weighted by Crippen LogP contribution is -2.25. The van der Waals surface area contributed by atoms with E-state index in [0.29, 0.717) is 12.8 Å². The van der Waals surface area contributed by atoms with Crippen molar-refractivity contribution in [1.82, 2.24) is 4.72 Å². The molecule has 1 N–H and O–H groups in total. The van der Waals surface area contributed by atoms with E-state index >= 15 is 0 Å². The van der Waals surface area contributed by atoms with Gasteiger partial charge in [0.05, 0.1) is 5.25 Å². The van der Waals surface area contributed by atoms with Crippen molar-refractivity contribution in [2.75, 3.05) is 0 Å². The summed E-state index contributed by atoms with van der Waals surface area (Å²) in [4.78, 5) is 9.66. The summed E-state index contributed by atoms with van der Waals surface area (Å²) in [5, 5.41) is -0.303. The van der Waals surface area contributed by atoms with Crippen LogP contribution < -0.4 is 4.72 Å². The number of hydrogen-bond donors (Lipinski definition) is 1. The fourth-order valence-electron chi connectivity index (χ4n) is 0.542. The summed E-state index contributed by atoms with van der Waals surface area (Å²) in [5.74, 6) is 0. The Bertz CT molecular complexity index is 204. The molecule has 4 nitrogen and oxygen atoms in total. The molecule has 0 aromatic carbocycles. The van der Waals surface area contributed by atoms with Crippen LogP contribution >= 0.6 is 0 Å². The summed E-state index contributed by atoms with van der Waals surface area (Å²) < 4.78 is 23.1. The second kappa shape index (κ2) is 1.98. The Hall–Kier alpha value is -0.580.